The molecule has 0 saturated heterocycles. The van der Waals surface area contributed by atoms with E-state index in [0.29, 0.717) is 6.04 Å². The third-order valence-corrected chi connectivity index (χ3v) is 3.74. The zero-order valence-corrected chi connectivity index (χ0v) is 13.0. The number of aryl methyl sites for hydroxylation is 3. The molecule has 2 rings (SSSR count). The lowest BCUT2D eigenvalue weighted by Gasteiger charge is -2.17. The Hall–Kier alpha value is -1.61. The van der Waals surface area contributed by atoms with Gasteiger partial charge in [-0.1, -0.05) is 25.1 Å². The van der Waals surface area contributed by atoms with E-state index in [4.69, 9.17) is 0 Å². The van der Waals surface area contributed by atoms with Gasteiger partial charge in [0.2, 0.25) is 0 Å². The highest BCUT2D eigenvalue weighted by molar-refractivity contribution is 5.31. The van der Waals surface area contributed by atoms with Gasteiger partial charge >= 0.3 is 0 Å². The molecular weight excluding hydrogens is 246 g/mol. The molecule has 1 heterocycles. The molecule has 3 heteroatoms. The predicted octanol–water partition coefficient (Wildman–Crippen LogP) is 3.32. The summed E-state index contributed by atoms with van der Waals surface area (Å²) in [6, 6.07) is 9.12. The van der Waals surface area contributed by atoms with Crippen LogP contribution in [0.1, 0.15) is 41.8 Å². The summed E-state index contributed by atoms with van der Waals surface area (Å²) in [6.07, 6.45) is 4.13. The summed E-state index contributed by atoms with van der Waals surface area (Å²) < 4.78 is 1.87. The van der Waals surface area contributed by atoms with E-state index in [9.17, 15) is 0 Å². The Balaban J connectivity index is 2.16. The maximum Gasteiger partial charge on any atom is 0.0797 e. The van der Waals surface area contributed by atoms with Crippen molar-refractivity contribution in [3.05, 3.63) is 52.8 Å². The van der Waals surface area contributed by atoms with Gasteiger partial charge < -0.3 is 5.32 Å². The van der Waals surface area contributed by atoms with Gasteiger partial charge in [-0.2, -0.15) is 5.10 Å². The molecular formula is C17H25N3. The quantitative estimate of drug-likeness (QED) is 0.873. The number of benzene rings is 1. The molecule has 108 valence electrons. The molecule has 0 fully saturated rings. The first-order valence-electron chi connectivity index (χ1n) is 7.39. The lowest BCUT2D eigenvalue weighted by atomic mass is 9.99. The number of hydrogen-bond donors (Lipinski definition) is 1. The number of nitrogens with one attached hydrogen (secondary N) is 1. The first-order chi connectivity index (χ1) is 9.60. The van der Waals surface area contributed by atoms with Crippen molar-refractivity contribution in [2.75, 3.05) is 6.54 Å². The molecule has 0 amide bonds. The minimum Gasteiger partial charge on any atom is -0.308 e. The molecule has 3 nitrogen and oxygen atoms in total. The molecule has 0 aliphatic rings. The van der Waals surface area contributed by atoms with Crippen molar-refractivity contribution in [1.29, 1.82) is 0 Å². The van der Waals surface area contributed by atoms with Crippen molar-refractivity contribution in [1.82, 2.24) is 15.1 Å². The highest BCUT2D eigenvalue weighted by Gasteiger charge is 2.14. The summed E-state index contributed by atoms with van der Waals surface area (Å²) in [6.45, 7) is 7.54. The lowest BCUT2D eigenvalue weighted by molar-refractivity contribution is 0.510. The fourth-order valence-corrected chi connectivity index (χ4v) is 2.38. The van der Waals surface area contributed by atoms with Gasteiger partial charge in [-0.3, -0.25) is 4.68 Å². The van der Waals surface area contributed by atoms with E-state index < -0.39 is 0 Å². The standard InChI is InChI=1S/C17H25N3/c1-5-9-18-17(16-8-10-20(4)19-16)12-15-7-6-13(2)14(3)11-15/h6-8,10-11,17-18H,5,9,12H2,1-4H3. The van der Waals surface area contributed by atoms with E-state index in [1.165, 1.54) is 16.7 Å². The van der Waals surface area contributed by atoms with Gasteiger partial charge in [-0.05, 0) is 56.0 Å². The molecule has 1 aromatic carbocycles. The molecule has 2 aromatic rings. The third kappa shape index (κ3) is 3.70. The fourth-order valence-electron chi connectivity index (χ4n) is 2.38. The van der Waals surface area contributed by atoms with Crippen molar-refractivity contribution in [3.8, 4) is 0 Å². The van der Waals surface area contributed by atoms with Gasteiger partial charge in [0.05, 0.1) is 11.7 Å². The summed E-state index contributed by atoms with van der Waals surface area (Å²) in [5.41, 5.74) is 5.20. The van der Waals surface area contributed by atoms with E-state index in [1.54, 1.807) is 0 Å². The maximum atomic E-state index is 4.55. The van der Waals surface area contributed by atoms with Crippen molar-refractivity contribution < 1.29 is 0 Å². The highest BCUT2D eigenvalue weighted by Crippen LogP contribution is 2.19. The van der Waals surface area contributed by atoms with Crippen molar-refractivity contribution in [3.63, 3.8) is 0 Å². The van der Waals surface area contributed by atoms with Crippen molar-refractivity contribution in [2.45, 2.75) is 39.7 Å². The summed E-state index contributed by atoms with van der Waals surface area (Å²) in [4.78, 5) is 0. The monoisotopic (exact) mass is 271 g/mol. The first kappa shape index (κ1) is 14.8. The van der Waals surface area contributed by atoms with E-state index in [1.807, 2.05) is 17.9 Å². The van der Waals surface area contributed by atoms with Crippen LogP contribution in [0.4, 0.5) is 0 Å². The summed E-state index contributed by atoms with van der Waals surface area (Å²) in [5.74, 6) is 0. The largest absolute Gasteiger partial charge is 0.308 e. The smallest absolute Gasteiger partial charge is 0.0797 e. The number of nitrogens with zero attached hydrogens (tertiary/aromatic N) is 2. The highest BCUT2D eigenvalue weighted by atomic mass is 15.3. The van der Waals surface area contributed by atoms with Crippen LogP contribution < -0.4 is 5.32 Å². The summed E-state index contributed by atoms with van der Waals surface area (Å²) in [7, 11) is 1.97. The van der Waals surface area contributed by atoms with Crippen LogP contribution in [0.25, 0.3) is 0 Å². The Labute approximate surface area is 122 Å². The van der Waals surface area contributed by atoms with Crippen LogP contribution in [0.5, 0.6) is 0 Å². The average molecular weight is 271 g/mol. The Kier molecular flexibility index (Phi) is 4.96. The molecule has 0 aliphatic carbocycles. The zero-order valence-electron chi connectivity index (χ0n) is 13.0. The lowest BCUT2D eigenvalue weighted by Crippen LogP contribution is -2.24. The fraction of sp³-hybridized carbons (Fsp3) is 0.471. The second kappa shape index (κ2) is 6.71. The molecule has 0 radical (unpaired) electrons. The molecule has 0 aliphatic heterocycles. The Morgan fingerprint density at radius 1 is 1.20 bits per heavy atom. The van der Waals surface area contributed by atoms with Crippen LogP contribution in [-0.2, 0) is 13.5 Å². The predicted molar refractivity (Wildman–Crippen MR) is 83.9 cm³/mol. The molecule has 0 saturated carbocycles. The zero-order chi connectivity index (χ0) is 14.5. The molecule has 1 atom stereocenters. The SMILES string of the molecule is CCCNC(Cc1ccc(C)c(C)c1)c1ccn(C)n1. The number of hydrogen-bond acceptors (Lipinski definition) is 2. The number of aromatic nitrogens is 2. The van der Waals surface area contributed by atoms with E-state index >= 15 is 0 Å². The molecule has 20 heavy (non-hydrogen) atoms. The van der Waals surface area contributed by atoms with Gasteiger partial charge in [0.25, 0.3) is 0 Å². The van der Waals surface area contributed by atoms with Crippen LogP contribution in [0.3, 0.4) is 0 Å². The minimum atomic E-state index is 0.290. The van der Waals surface area contributed by atoms with Crippen LogP contribution >= 0.6 is 0 Å². The Morgan fingerprint density at radius 2 is 2.00 bits per heavy atom. The van der Waals surface area contributed by atoms with E-state index in [0.717, 1.165) is 25.1 Å². The van der Waals surface area contributed by atoms with Crippen LogP contribution in [0.2, 0.25) is 0 Å². The van der Waals surface area contributed by atoms with Crippen LogP contribution in [0.15, 0.2) is 30.5 Å². The Morgan fingerprint density at radius 3 is 2.60 bits per heavy atom. The summed E-state index contributed by atoms with van der Waals surface area (Å²) >= 11 is 0. The maximum absolute atomic E-state index is 4.55. The van der Waals surface area contributed by atoms with Crippen LogP contribution in [-0.4, -0.2) is 16.3 Å². The van der Waals surface area contributed by atoms with Gasteiger partial charge in [0.1, 0.15) is 0 Å². The minimum absolute atomic E-state index is 0.290. The molecule has 1 unspecified atom stereocenters. The number of rotatable bonds is 6. The topological polar surface area (TPSA) is 29.9 Å². The normalized spacial score (nSPS) is 12.6. The first-order valence-corrected chi connectivity index (χ1v) is 7.39. The third-order valence-electron chi connectivity index (χ3n) is 3.74. The molecule has 0 spiro atoms. The summed E-state index contributed by atoms with van der Waals surface area (Å²) in [5, 5.41) is 8.16. The average Bonchev–Trinajstić information content (AvgIpc) is 2.85. The van der Waals surface area contributed by atoms with Gasteiger partial charge in [-0.15, -0.1) is 0 Å². The van der Waals surface area contributed by atoms with Gasteiger partial charge in [0.15, 0.2) is 0 Å². The molecule has 1 aromatic heterocycles. The Bertz CT molecular complexity index is 557. The molecule has 1 N–H and O–H groups in total. The van der Waals surface area contributed by atoms with Crippen molar-refractivity contribution >= 4 is 0 Å². The second-order valence-corrected chi connectivity index (χ2v) is 5.54. The van der Waals surface area contributed by atoms with Crippen LogP contribution in [0, 0.1) is 13.8 Å². The van der Waals surface area contributed by atoms with Crippen molar-refractivity contribution in [2.24, 2.45) is 7.05 Å². The van der Waals surface area contributed by atoms with Gasteiger partial charge in [-0.25, -0.2) is 0 Å². The van der Waals surface area contributed by atoms with E-state index in [-0.39, 0.29) is 0 Å². The van der Waals surface area contributed by atoms with E-state index in [2.05, 4.69) is 55.5 Å². The van der Waals surface area contributed by atoms with Gasteiger partial charge in [0, 0.05) is 13.2 Å². The molecule has 0 bridgehead atoms. The second-order valence-electron chi connectivity index (χ2n) is 5.54.